The molecular formula is C25H27N3O2. The first-order valence-electron chi connectivity index (χ1n) is 10.6. The van der Waals surface area contributed by atoms with E-state index in [4.69, 9.17) is 9.40 Å². The number of nitrogens with zero attached hydrogens (tertiary/aromatic N) is 3. The smallest absolute Gasteiger partial charge is 0.289 e. The summed E-state index contributed by atoms with van der Waals surface area (Å²) in [5.74, 6) is 1.75. The van der Waals surface area contributed by atoms with E-state index >= 15 is 0 Å². The summed E-state index contributed by atoms with van der Waals surface area (Å²) in [4.78, 5) is 20.2. The molecule has 1 aliphatic heterocycles. The third kappa shape index (κ3) is 2.92. The minimum atomic E-state index is -0.0116. The molecule has 0 saturated carbocycles. The van der Waals surface area contributed by atoms with Crippen LogP contribution in [-0.2, 0) is 7.05 Å². The number of hydrogen-bond acceptors (Lipinski definition) is 3. The average molecular weight is 402 g/mol. The molecule has 154 valence electrons. The van der Waals surface area contributed by atoms with Crippen LogP contribution in [0.5, 0.6) is 0 Å². The van der Waals surface area contributed by atoms with E-state index in [1.54, 1.807) is 0 Å². The van der Waals surface area contributed by atoms with E-state index in [0.29, 0.717) is 12.3 Å². The zero-order chi connectivity index (χ0) is 21.0. The van der Waals surface area contributed by atoms with Gasteiger partial charge in [0.25, 0.3) is 5.91 Å². The van der Waals surface area contributed by atoms with E-state index in [1.807, 2.05) is 36.1 Å². The predicted octanol–water partition coefficient (Wildman–Crippen LogP) is 5.26. The lowest BCUT2D eigenvalue weighted by Gasteiger charge is -2.32. The van der Waals surface area contributed by atoms with Gasteiger partial charge in [-0.3, -0.25) is 4.79 Å². The molecule has 3 heterocycles. The van der Waals surface area contributed by atoms with Gasteiger partial charge in [0.15, 0.2) is 5.76 Å². The van der Waals surface area contributed by atoms with E-state index < -0.39 is 0 Å². The topological polar surface area (TPSA) is 51.3 Å². The van der Waals surface area contributed by atoms with Crippen LogP contribution in [0.3, 0.4) is 0 Å². The summed E-state index contributed by atoms with van der Waals surface area (Å²) < 4.78 is 8.22. The molecule has 2 aromatic heterocycles. The van der Waals surface area contributed by atoms with Gasteiger partial charge in [-0.05, 0) is 69.0 Å². The number of benzene rings is 2. The first-order valence-corrected chi connectivity index (χ1v) is 10.6. The van der Waals surface area contributed by atoms with Crippen LogP contribution in [-0.4, -0.2) is 33.4 Å². The molecule has 2 aromatic carbocycles. The van der Waals surface area contributed by atoms with Crippen molar-refractivity contribution in [1.29, 1.82) is 0 Å². The zero-order valence-corrected chi connectivity index (χ0v) is 18.0. The largest absolute Gasteiger partial charge is 0.451 e. The molecule has 1 atom stereocenters. The fourth-order valence-corrected chi connectivity index (χ4v) is 4.73. The molecule has 0 spiro atoms. The fourth-order valence-electron chi connectivity index (χ4n) is 4.73. The zero-order valence-electron chi connectivity index (χ0n) is 18.0. The molecule has 5 nitrogen and oxygen atoms in total. The van der Waals surface area contributed by atoms with Crippen molar-refractivity contribution in [3.63, 3.8) is 0 Å². The lowest BCUT2D eigenvalue weighted by atomic mass is 9.96. The van der Waals surface area contributed by atoms with Crippen LogP contribution in [0, 0.1) is 20.8 Å². The van der Waals surface area contributed by atoms with Crippen molar-refractivity contribution in [2.45, 2.75) is 39.5 Å². The van der Waals surface area contributed by atoms with Crippen molar-refractivity contribution in [2.24, 2.45) is 7.05 Å². The molecule has 30 heavy (non-hydrogen) atoms. The summed E-state index contributed by atoms with van der Waals surface area (Å²) in [5.41, 5.74) is 6.26. The summed E-state index contributed by atoms with van der Waals surface area (Å²) in [6, 6.07) is 12.4. The lowest BCUT2D eigenvalue weighted by Crippen LogP contribution is -2.39. The number of hydrogen-bond donors (Lipinski definition) is 0. The van der Waals surface area contributed by atoms with Gasteiger partial charge in [-0.1, -0.05) is 12.1 Å². The third-order valence-corrected chi connectivity index (χ3v) is 6.64. The minimum Gasteiger partial charge on any atom is -0.451 e. The second-order valence-electron chi connectivity index (χ2n) is 8.60. The SMILES string of the molecule is Cc1cc2oc(C(=O)N3CCCC(c4nc5ccccc5n4C)C3)c(C)c2cc1C. The lowest BCUT2D eigenvalue weighted by molar-refractivity contribution is 0.0673. The number of carbonyl (C=O) groups excluding carboxylic acids is 1. The van der Waals surface area contributed by atoms with E-state index in [9.17, 15) is 4.79 Å². The second-order valence-corrected chi connectivity index (χ2v) is 8.60. The Morgan fingerprint density at radius 3 is 2.70 bits per heavy atom. The van der Waals surface area contributed by atoms with Crippen LogP contribution in [0.25, 0.3) is 22.0 Å². The van der Waals surface area contributed by atoms with E-state index in [0.717, 1.165) is 52.8 Å². The molecule has 1 fully saturated rings. The van der Waals surface area contributed by atoms with Crippen LogP contribution in [0.2, 0.25) is 0 Å². The van der Waals surface area contributed by atoms with Crippen molar-refractivity contribution in [3.8, 4) is 0 Å². The van der Waals surface area contributed by atoms with Crippen molar-refractivity contribution < 1.29 is 9.21 Å². The summed E-state index contributed by atoms with van der Waals surface area (Å²) >= 11 is 0. The normalized spacial score (nSPS) is 17.2. The highest BCUT2D eigenvalue weighted by atomic mass is 16.3. The maximum absolute atomic E-state index is 13.4. The number of amides is 1. The third-order valence-electron chi connectivity index (χ3n) is 6.64. The molecule has 0 bridgehead atoms. The molecule has 1 unspecified atom stereocenters. The van der Waals surface area contributed by atoms with Gasteiger partial charge < -0.3 is 13.9 Å². The number of para-hydroxylation sites is 2. The number of imidazole rings is 1. The minimum absolute atomic E-state index is 0.0116. The first-order chi connectivity index (χ1) is 14.4. The van der Waals surface area contributed by atoms with Gasteiger partial charge in [-0.2, -0.15) is 0 Å². The molecular weight excluding hydrogens is 374 g/mol. The average Bonchev–Trinajstić information content (AvgIpc) is 3.25. The highest BCUT2D eigenvalue weighted by Crippen LogP contribution is 2.32. The van der Waals surface area contributed by atoms with Crippen LogP contribution in [0.15, 0.2) is 40.8 Å². The standard InChI is InChI=1S/C25H27N3O2/c1-15-12-19-17(3)23(30-22(19)13-16(15)2)25(29)28-11-7-8-18(14-28)24-26-20-9-5-6-10-21(20)27(24)4/h5-6,9-10,12-13,18H,7-8,11,14H2,1-4H3. The number of likely N-dealkylation sites (tertiary alicyclic amines) is 1. The quantitative estimate of drug-likeness (QED) is 0.460. The Morgan fingerprint density at radius 1 is 1.13 bits per heavy atom. The van der Waals surface area contributed by atoms with Gasteiger partial charge in [-0.25, -0.2) is 4.98 Å². The molecule has 1 aliphatic rings. The monoisotopic (exact) mass is 401 g/mol. The van der Waals surface area contributed by atoms with Crippen molar-refractivity contribution >= 4 is 27.9 Å². The van der Waals surface area contributed by atoms with Gasteiger partial charge in [0, 0.05) is 37.0 Å². The summed E-state index contributed by atoms with van der Waals surface area (Å²) in [7, 11) is 2.07. The van der Waals surface area contributed by atoms with Gasteiger partial charge in [0.1, 0.15) is 11.4 Å². The van der Waals surface area contributed by atoms with E-state index in [2.05, 4.69) is 37.6 Å². The second kappa shape index (κ2) is 7.01. The number of furan rings is 1. The summed E-state index contributed by atoms with van der Waals surface area (Å²) in [6.45, 7) is 7.58. The summed E-state index contributed by atoms with van der Waals surface area (Å²) in [5, 5.41) is 1.03. The van der Waals surface area contributed by atoms with Gasteiger partial charge >= 0.3 is 0 Å². The Balaban J connectivity index is 1.46. The molecule has 4 aromatic rings. The predicted molar refractivity (Wildman–Crippen MR) is 119 cm³/mol. The maximum Gasteiger partial charge on any atom is 0.289 e. The van der Waals surface area contributed by atoms with E-state index in [-0.39, 0.29) is 11.8 Å². The number of aromatic nitrogens is 2. The first kappa shape index (κ1) is 18.9. The highest BCUT2D eigenvalue weighted by Gasteiger charge is 2.31. The van der Waals surface area contributed by atoms with Crippen LogP contribution in [0.1, 0.15) is 51.8 Å². The van der Waals surface area contributed by atoms with Crippen LogP contribution >= 0.6 is 0 Å². The molecule has 5 rings (SSSR count). The number of fused-ring (bicyclic) bond motifs is 2. The molecule has 0 radical (unpaired) electrons. The van der Waals surface area contributed by atoms with Gasteiger partial charge in [0.05, 0.1) is 11.0 Å². The van der Waals surface area contributed by atoms with Gasteiger partial charge in [0.2, 0.25) is 0 Å². The van der Waals surface area contributed by atoms with Crippen molar-refractivity contribution in [2.75, 3.05) is 13.1 Å². The van der Waals surface area contributed by atoms with Crippen LogP contribution in [0.4, 0.5) is 0 Å². The summed E-state index contributed by atoms with van der Waals surface area (Å²) in [6.07, 6.45) is 2.01. The number of piperidine rings is 1. The molecule has 0 N–H and O–H groups in total. The van der Waals surface area contributed by atoms with E-state index in [1.165, 1.54) is 11.1 Å². The fraction of sp³-hybridized carbons (Fsp3) is 0.360. The van der Waals surface area contributed by atoms with Crippen molar-refractivity contribution in [1.82, 2.24) is 14.5 Å². The molecule has 1 saturated heterocycles. The number of carbonyl (C=O) groups is 1. The number of aryl methyl sites for hydroxylation is 4. The Labute approximate surface area is 176 Å². The molecule has 0 aliphatic carbocycles. The highest BCUT2D eigenvalue weighted by molar-refractivity contribution is 5.99. The maximum atomic E-state index is 13.4. The number of rotatable bonds is 2. The van der Waals surface area contributed by atoms with Crippen LogP contribution < -0.4 is 0 Å². The Bertz CT molecular complexity index is 1280. The Morgan fingerprint density at radius 2 is 1.90 bits per heavy atom. The Kier molecular flexibility index (Phi) is 4.42. The van der Waals surface area contributed by atoms with Crippen molar-refractivity contribution in [3.05, 3.63) is 64.7 Å². The van der Waals surface area contributed by atoms with Gasteiger partial charge in [-0.15, -0.1) is 0 Å². The molecule has 1 amide bonds. The Hall–Kier alpha value is -3.08. The molecule has 5 heteroatoms.